The first kappa shape index (κ1) is 28.4. The van der Waals surface area contributed by atoms with Crippen LogP contribution in [-0.4, -0.2) is 43.0 Å². The van der Waals surface area contributed by atoms with Crippen molar-refractivity contribution < 1.29 is 21.6 Å². The van der Waals surface area contributed by atoms with Gasteiger partial charge in [0.15, 0.2) is 5.78 Å². The van der Waals surface area contributed by atoms with Crippen LogP contribution in [0.4, 0.5) is 0 Å². The molecule has 216 valence electrons. The van der Waals surface area contributed by atoms with Gasteiger partial charge in [-0.15, -0.1) is 6.42 Å². The molecule has 7 nitrogen and oxygen atoms in total. The van der Waals surface area contributed by atoms with Gasteiger partial charge in [0.25, 0.3) is 10.0 Å². The van der Waals surface area contributed by atoms with Crippen molar-refractivity contribution in [3.8, 4) is 12.3 Å². The van der Waals surface area contributed by atoms with E-state index in [4.69, 9.17) is 6.42 Å². The van der Waals surface area contributed by atoms with Crippen molar-refractivity contribution in [2.75, 3.05) is 6.54 Å². The van der Waals surface area contributed by atoms with Crippen LogP contribution in [0.5, 0.6) is 0 Å². The summed E-state index contributed by atoms with van der Waals surface area (Å²) in [5, 5.41) is 0.663. The van der Waals surface area contributed by atoms with Crippen LogP contribution in [-0.2, 0) is 24.8 Å². The number of terminal acetylenes is 1. The number of benzene rings is 3. The highest BCUT2D eigenvalue weighted by molar-refractivity contribution is 7.90. The zero-order chi connectivity index (χ0) is 29.9. The van der Waals surface area contributed by atoms with E-state index in [0.717, 1.165) is 11.1 Å². The summed E-state index contributed by atoms with van der Waals surface area (Å²) in [7, 11) is -7.96. The highest BCUT2D eigenvalue weighted by Gasteiger charge is 2.61. The molecular formula is C33H32N2O5S2. The van der Waals surface area contributed by atoms with Gasteiger partial charge < -0.3 is 0 Å². The lowest BCUT2D eigenvalue weighted by atomic mass is 9.72. The topological polar surface area (TPSA) is 93.5 Å². The number of carbonyl (C=O) groups is 1. The Morgan fingerprint density at radius 2 is 1.48 bits per heavy atom. The average molecular weight is 601 g/mol. The lowest BCUT2D eigenvalue weighted by Gasteiger charge is -2.39. The normalized spacial score (nSPS) is 22.1. The van der Waals surface area contributed by atoms with Gasteiger partial charge in [0.05, 0.1) is 26.8 Å². The minimum absolute atomic E-state index is 0.128. The summed E-state index contributed by atoms with van der Waals surface area (Å²) in [6.45, 7) is 3.93. The molecule has 42 heavy (non-hydrogen) atoms. The number of sulfonamides is 1. The number of ketones is 1. The summed E-state index contributed by atoms with van der Waals surface area (Å²) in [4.78, 5) is 14.1. The van der Waals surface area contributed by atoms with Crippen molar-refractivity contribution >= 4 is 36.7 Å². The van der Waals surface area contributed by atoms with Crippen molar-refractivity contribution in [1.29, 1.82) is 0 Å². The average Bonchev–Trinajstić information content (AvgIpc) is 3.67. The Morgan fingerprint density at radius 1 is 0.881 bits per heavy atom. The first-order chi connectivity index (χ1) is 20.0. The van der Waals surface area contributed by atoms with Crippen LogP contribution >= 0.6 is 0 Å². The molecule has 1 aliphatic heterocycles. The first-order valence-electron chi connectivity index (χ1n) is 14.0. The Morgan fingerprint density at radius 3 is 2.05 bits per heavy atom. The molecule has 1 aliphatic carbocycles. The minimum atomic E-state index is -3.99. The number of rotatable bonds is 6. The fourth-order valence-electron chi connectivity index (χ4n) is 6.89. The summed E-state index contributed by atoms with van der Waals surface area (Å²) in [6.07, 6.45) is 9.38. The van der Waals surface area contributed by atoms with Gasteiger partial charge in [0, 0.05) is 30.5 Å². The van der Waals surface area contributed by atoms with Gasteiger partial charge in [-0.1, -0.05) is 59.5 Å². The molecule has 1 saturated carbocycles. The van der Waals surface area contributed by atoms with Crippen LogP contribution in [0, 0.1) is 32.1 Å². The summed E-state index contributed by atoms with van der Waals surface area (Å²) in [6, 6.07) is 20.5. The van der Waals surface area contributed by atoms with Crippen LogP contribution in [0.25, 0.3) is 10.9 Å². The predicted octanol–water partition coefficient (Wildman–Crippen LogP) is 5.41. The maximum atomic E-state index is 14.0. The fraction of sp³-hybridized carbons (Fsp3) is 0.303. The molecule has 3 atom stereocenters. The van der Waals surface area contributed by atoms with Gasteiger partial charge in [-0.25, -0.2) is 20.8 Å². The molecule has 9 heteroatoms. The third-order valence-electron chi connectivity index (χ3n) is 8.96. The third-order valence-corrected chi connectivity index (χ3v) is 12.6. The molecule has 1 unspecified atom stereocenters. The smallest absolute Gasteiger partial charge is 0.268 e. The van der Waals surface area contributed by atoms with Crippen molar-refractivity contribution in [2.45, 2.75) is 60.8 Å². The third kappa shape index (κ3) is 4.24. The predicted molar refractivity (Wildman–Crippen MR) is 162 cm³/mol. The molecule has 1 saturated heterocycles. The molecule has 4 aromatic rings. The van der Waals surface area contributed by atoms with E-state index in [1.807, 2.05) is 26.0 Å². The maximum absolute atomic E-state index is 14.0. The molecular weight excluding hydrogens is 569 g/mol. The van der Waals surface area contributed by atoms with Gasteiger partial charge in [-0.05, 0) is 69.0 Å². The minimum Gasteiger partial charge on any atom is -0.298 e. The monoisotopic (exact) mass is 600 g/mol. The first-order valence-corrected chi connectivity index (χ1v) is 16.9. The maximum Gasteiger partial charge on any atom is 0.268 e. The summed E-state index contributed by atoms with van der Waals surface area (Å²) in [5.41, 5.74) is 1.66. The molecule has 2 fully saturated rings. The molecule has 3 aromatic carbocycles. The van der Waals surface area contributed by atoms with E-state index in [-0.39, 0.29) is 28.5 Å². The molecule has 0 bridgehead atoms. The molecule has 6 rings (SSSR count). The molecule has 0 N–H and O–H groups in total. The van der Waals surface area contributed by atoms with Crippen molar-refractivity contribution in [3.63, 3.8) is 0 Å². The fourth-order valence-corrected chi connectivity index (χ4v) is 10.1. The Bertz CT molecular complexity index is 1950. The van der Waals surface area contributed by atoms with E-state index < -0.39 is 37.4 Å². The van der Waals surface area contributed by atoms with E-state index in [9.17, 15) is 21.6 Å². The number of aromatic nitrogens is 1. The van der Waals surface area contributed by atoms with E-state index >= 15 is 0 Å². The largest absolute Gasteiger partial charge is 0.298 e. The second-order valence-electron chi connectivity index (χ2n) is 11.3. The molecule has 0 radical (unpaired) electrons. The zero-order valence-electron chi connectivity index (χ0n) is 23.5. The Kier molecular flexibility index (Phi) is 6.92. The zero-order valence-corrected chi connectivity index (χ0v) is 25.2. The summed E-state index contributed by atoms with van der Waals surface area (Å²) in [5.74, 6) is 1.54. The van der Waals surface area contributed by atoms with E-state index in [2.05, 4.69) is 5.92 Å². The van der Waals surface area contributed by atoms with Crippen LogP contribution in [0.2, 0.25) is 0 Å². The molecule has 2 heterocycles. The van der Waals surface area contributed by atoms with Crippen LogP contribution in [0.3, 0.4) is 0 Å². The highest BCUT2D eigenvalue weighted by Crippen LogP contribution is 2.53. The number of carbonyl (C=O) groups excluding carboxylic acids is 1. The second-order valence-corrected chi connectivity index (χ2v) is 15.0. The quantitative estimate of drug-likeness (QED) is 0.276. The van der Waals surface area contributed by atoms with Crippen LogP contribution in [0.15, 0.2) is 88.8 Å². The van der Waals surface area contributed by atoms with Gasteiger partial charge in [0.2, 0.25) is 10.0 Å². The van der Waals surface area contributed by atoms with Gasteiger partial charge in [-0.2, -0.15) is 4.31 Å². The Balaban J connectivity index is 1.49. The summed E-state index contributed by atoms with van der Waals surface area (Å²) < 4.78 is 58.3. The second kappa shape index (κ2) is 10.2. The summed E-state index contributed by atoms with van der Waals surface area (Å²) >= 11 is 0. The van der Waals surface area contributed by atoms with E-state index in [0.29, 0.717) is 35.7 Å². The number of aryl methyl sites for hydroxylation is 2. The van der Waals surface area contributed by atoms with Gasteiger partial charge >= 0.3 is 0 Å². The van der Waals surface area contributed by atoms with Crippen molar-refractivity contribution in [3.05, 3.63) is 95.7 Å². The van der Waals surface area contributed by atoms with E-state index in [1.165, 1.54) is 8.28 Å². The number of nitrogens with zero attached hydrogens (tertiary/aromatic N) is 2. The van der Waals surface area contributed by atoms with Gasteiger partial charge in [-0.3, -0.25) is 4.79 Å². The lowest BCUT2D eigenvalue weighted by Crippen LogP contribution is -2.54. The molecule has 1 spiro atoms. The molecule has 0 amide bonds. The number of fused-ring (bicyclic) bond motifs is 1. The SMILES string of the molecule is C#CC(c1cn(S(=O)(=O)c2ccc(C)cc2)c2ccccc12)[C@H]1CCN(S(=O)(=O)c2ccc(C)cc2)[C@]12CCCC2=O. The number of para-hydroxylation sites is 1. The Hall–Kier alpha value is -3.71. The van der Waals surface area contributed by atoms with Crippen molar-refractivity contribution in [1.82, 2.24) is 8.28 Å². The van der Waals surface area contributed by atoms with Crippen molar-refractivity contribution in [2.24, 2.45) is 5.92 Å². The number of Topliss-reactive ketones (excluding diaryl/α,β-unsaturated/α-hetero) is 1. The Labute approximate surface area is 247 Å². The molecule has 2 aliphatic rings. The van der Waals surface area contributed by atoms with Crippen LogP contribution < -0.4 is 0 Å². The number of hydrogen-bond acceptors (Lipinski definition) is 5. The number of hydrogen-bond donors (Lipinski definition) is 0. The van der Waals surface area contributed by atoms with Crippen LogP contribution in [0.1, 0.15) is 48.3 Å². The van der Waals surface area contributed by atoms with Gasteiger partial charge in [0.1, 0.15) is 0 Å². The lowest BCUT2D eigenvalue weighted by molar-refractivity contribution is -0.126. The molecule has 1 aromatic heterocycles. The van der Waals surface area contributed by atoms with E-state index in [1.54, 1.807) is 66.9 Å². The highest BCUT2D eigenvalue weighted by atomic mass is 32.2. The standard InChI is InChI=1S/C33H32N2O5S2/c1-4-27(29-22-34(31-9-6-5-8-28(29)31)41(37,38)25-15-11-23(2)12-16-25)30-19-21-35(33(30)20-7-10-32(33)36)42(39,40)26-17-13-24(3)14-18-26/h1,5-6,8-9,11-18,22,27,30H,7,10,19-21H2,2-3H3/t27?,30-,33-/m1/s1.